The van der Waals surface area contributed by atoms with Gasteiger partial charge in [0.15, 0.2) is 17.4 Å². The van der Waals surface area contributed by atoms with E-state index in [0.717, 1.165) is 0 Å². The molecule has 0 fully saturated rings. The molecule has 2 aromatic carbocycles. The Kier molecular flexibility index (Phi) is 7.63. The summed E-state index contributed by atoms with van der Waals surface area (Å²) in [5.41, 5.74) is 6.35. The molecule has 0 heterocycles. The highest BCUT2D eigenvalue weighted by molar-refractivity contribution is 5.94. The molecule has 0 bridgehead atoms. The predicted octanol–water partition coefficient (Wildman–Crippen LogP) is 5.21. The Morgan fingerprint density at radius 2 is 1.43 bits per heavy atom. The summed E-state index contributed by atoms with van der Waals surface area (Å²) in [5.74, 6) is -4.45. The molecule has 118 valence electrons. The zero-order valence-corrected chi connectivity index (χ0v) is 13.3. The molecule has 0 aliphatic heterocycles. The Balaban J connectivity index is 0.000000921. The molecule has 0 saturated heterocycles. The highest BCUT2D eigenvalue weighted by atomic mass is 19.2. The van der Waals surface area contributed by atoms with Gasteiger partial charge in [0.25, 0.3) is 0 Å². The van der Waals surface area contributed by atoms with Crippen molar-refractivity contribution in [2.24, 2.45) is 0 Å². The van der Waals surface area contributed by atoms with Crippen LogP contribution in [0.2, 0.25) is 0 Å². The van der Waals surface area contributed by atoms with E-state index >= 15 is 0 Å². The molecule has 0 aliphatic rings. The maximum absolute atomic E-state index is 13.6. The summed E-state index contributed by atoms with van der Waals surface area (Å²) in [6.07, 6.45) is 0. The standard InChI is InChI=1S/C12H10F3NO.2C2H6/c1-5-3-6(16)4-7-8(5)12(17-2)11(15)10(14)9(7)13;2*1-2/h3-4H,16H2,1-2H3;2*1-2H3. The first-order valence-electron chi connectivity index (χ1n) is 6.87. The van der Waals surface area contributed by atoms with Crippen molar-refractivity contribution < 1.29 is 17.9 Å². The third-order valence-corrected chi connectivity index (χ3v) is 2.61. The van der Waals surface area contributed by atoms with Crippen LogP contribution < -0.4 is 10.5 Å². The molecule has 0 saturated carbocycles. The summed E-state index contributed by atoms with van der Waals surface area (Å²) in [4.78, 5) is 0. The number of anilines is 1. The van der Waals surface area contributed by atoms with E-state index in [1.165, 1.54) is 13.2 Å². The molecule has 0 aromatic heterocycles. The predicted molar refractivity (Wildman–Crippen MR) is 82.2 cm³/mol. The fraction of sp³-hybridized carbons (Fsp3) is 0.375. The summed E-state index contributed by atoms with van der Waals surface area (Å²) in [7, 11) is 1.20. The zero-order valence-electron chi connectivity index (χ0n) is 13.3. The van der Waals surface area contributed by atoms with Gasteiger partial charge in [-0.1, -0.05) is 27.7 Å². The van der Waals surface area contributed by atoms with Crippen LogP contribution in [0.5, 0.6) is 5.75 Å². The first-order chi connectivity index (χ1) is 9.97. The van der Waals surface area contributed by atoms with Gasteiger partial charge in [-0.2, -0.15) is 4.39 Å². The number of hydrogen-bond acceptors (Lipinski definition) is 2. The Morgan fingerprint density at radius 1 is 0.905 bits per heavy atom. The van der Waals surface area contributed by atoms with E-state index in [9.17, 15) is 13.2 Å². The van der Waals surface area contributed by atoms with Crippen molar-refractivity contribution in [3.63, 3.8) is 0 Å². The van der Waals surface area contributed by atoms with E-state index in [0.29, 0.717) is 5.56 Å². The number of fused-ring (bicyclic) bond motifs is 1. The second-order valence-electron chi connectivity index (χ2n) is 3.74. The number of ether oxygens (including phenoxy) is 1. The molecule has 2 aromatic rings. The van der Waals surface area contributed by atoms with Gasteiger partial charge in [-0.05, 0) is 24.6 Å². The SMILES string of the molecule is CC.CC.COc1c(F)c(F)c(F)c2cc(N)cc(C)c12. The van der Waals surface area contributed by atoms with Crippen LogP contribution in [0.15, 0.2) is 12.1 Å². The minimum Gasteiger partial charge on any atom is -0.493 e. The third-order valence-electron chi connectivity index (χ3n) is 2.61. The van der Waals surface area contributed by atoms with Crippen molar-refractivity contribution in [3.8, 4) is 5.75 Å². The highest BCUT2D eigenvalue weighted by Gasteiger charge is 2.22. The van der Waals surface area contributed by atoms with Crippen molar-refractivity contribution >= 4 is 16.5 Å². The zero-order chi connectivity index (χ0) is 16.7. The molecule has 5 heteroatoms. The quantitative estimate of drug-likeness (QED) is 0.579. The number of methoxy groups -OCH3 is 1. The smallest absolute Gasteiger partial charge is 0.204 e. The number of nitrogens with two attached hydrogens (primary N) is 1. The Hall–Kier alpha value is -1.91. The van der Waals surface area contributed by atoms with Gasteiger partial charge in [0.1, 0.15) is 0 Å². The number of hydrogen-bond donors (Lipinski definition) is 1. The Morgan fingerprint density at radius 3 is 1.90 bits per heavy atom. The monoisotopic (exact) mass is 301 g/mol. The lowest BCUT2D eigenvalue weighted by molar-refractivity contribution is 0.367. The molecule has 0 unspecified atom stereocenters. The number of benzene rings is 2. The van der Waals surface area contributed by atoms with Crippen LogP contribution in [0.25, 0.3) is 10.8 Å². The van der Waals surface area contributed by atoms with Crippen molar-refractivity contribution in [2.75, 3.05) is 12.8 Å². The maximum atomic E-state index is 13.6. The van der Waals surface area contributed by atoms with E-state index in [2.05, 4.69) is 0 Å². The van der Waals surface area contributed by atoms with Crippen LogP contribution in [-0.4, -0.2) is 7.11 Å². The molecule has 0 spiro atoms. The summed E-state index contributed by atoms with van der Waals surface area (Å²) in [5, 5.41) is 0.108. The molecule has 2 N–H and O–H groups in total. The number of aryl methyl sites for hydroxylation is 1. The van der Waals surface area contributed by atoms with Gasteiger partial charge in [0.05, 0.1) is 7.11 Å². The van der Waals surface area contributed by atoms with E-state index in [1.807, 2.05) is 27.7 Å². The van der Waals surface area contributed by atoms with Crippen molar-refractivity contribution in [3.05, 3.63) is 35.1 Å². The highest BCUT2D eigenvalue weighted by Crippen LogP contribution is 2.36. The molecule has 2 rings (SSSR count). The van der Waals surface area contributed by atoms with Crippen molar-refractivity contribution in [2.45, 2.75) is 34.6 Å². The second-order valence-corrected chi connectivity index (χ2v) is 3.74. The summed E-state index contributed by atoms with van der Waals surface area (Å²) in [6.45, 7) is 9.62. The lowest BCUT2D eigenvalue weighted by Crippen LogP contribution is -2.00. The molecular weight excluding hydrogens is 279 g/mol. The van der Waals surface area contributed by atoms with Gasteiger partial charge < -0.3 is 10.5 Å². The molecule has 0 aliphatic carbocycles. The lowest BCUT2D eigenvalue weighted by Gasteiger charge is -2.12. The topological polar surface area (TPSA) is 35.2 Å². The van der Waals surface area contributed by atoms with E-state index in [1.54, 1.807) is 13.0 Å². The molecule has 0 radical (unpaired) electrons. The van der Waals surface area contributed by atoms with Gasteiger partial charge in [-0.25, -0.2) is 8.78 Å². The van der Waals surface area contributed by atoms with Gasteiger partial charge in [-0.3, -0.25) is 0 Å². The van der Waals surface area contributed by atoms with Crippen LogP contribution >= 0.6 is 0 Å². The van der Waals surface area contributed by atoms with Gasteiger partial charge in [0.2, 0.25) is 5.82 Å². The Bertz CT molecular complexity index is 612. The molecule has 2 nitrogen and oxygen atoms in total. The van der Waals surface area contributed by atoms with Crippen LogP contribution in [0.4, 0.5) is 18.9 Å². The fourth-order valence-corrected chi connectivity index (χ4v) is 1.91. The first-order valence-corrected chi connectivity index (χ1v) is 6.87. The normalized spacial score (nSPS) is 9.38. The minimum absolute atomic E-state index is 0.0850. The number of halogens is 3. The van der Waals surface area contributed by atoms with E-state index < -0.39 is 17.5 Å². The summed E-state index contributed by atoms with van der Waals surface area (Å²) >= 11 is 0. The fourth-order valence-electron chi connectivity index (χ4n) is 1.91. The number of rotatable bonds is 1. The van der Waals surface area contributed by atoms with Crippen LogP contribution in [0.1, 0.15) is 33.3 Å². The van der Waals surface area contributed by atoms with Gasteiger partial charge in [0, 0.05) is 16.5 Å². The molecule has 0 amide bonds. The van der Waals surface area contributed by atoms with E-state index in [4.69, 9.17) is 10.5 Å². The second kappa shape index (κ2) is 8.39. The number of nitrogen functional groups attached to an aromatic ring is 1. The summed E-state index contributed by atoms with van der Waals surface area (Å²) in [6, 6.07) is 2.80. The van der Waals surface area contributed by atoms with Crippen molar-refractivity contribution in [1.82, 2.24) is 0 Å². The molecule has 21 heavy (non-hydrogen) atoms. The van der Waals surface area contributed by atoms with Gasteiger partial charge >= 0.3 is 0 Å². The van der Waals surface area contributed by atoms with E-state index in [-0.39, 0.29) is 22.2 Å². The van der Waals surface area contributed by atoms with Crippen molar-refractivity contribution in [1.29, 1.82) is 0 Å². The van der Waals surface area contributed by atoms with Gasteiger partial charge in [-0.15, -0.1) is 0 Å². The first kappa shape index (κ1) is 19.1. The minimum atomic E-state index is -1.56. The molecule has 0 atom stereocenters. The Labute approximate surface area is 123 Å². The maximum Gasteiger partial charge on any atom is 0.204 e. The van der Waals surface area contributed by atoms with Crippen LogP contribution in [0.3, 0.4) is 0 Å². The largest absolute Gasteiger partial charge is 0.493 e. The van der Waals surface area contributed by atoms with Crippen LogP contribution in [-0.2, 0) is 0 Å². The summed E-state index contributed by atoms with van der Waals surface area (Å²) < 4.78 is 45.2. The average Bonchev–Trinajstić information content (AvgIpc) is 2.50. The lowest BCUT2D eigenvalue weighted by atomic mass is 10.0. The average molecular weight is 301 g/mol. The van der Waals surface area contributed by atoms with Crippen LogP contribution in [0, 0.1) is 24.4 Å². The third kappa shape index (κ3) is 3.60. The molecular formula is C16H22F3NO.